The first-order chi connectivity index (χ1) is 11.7. The summed E-state index contributed by atoms with van der Waals surface area (Å²) in [6, 6.07) is 13.1. The second-order valence-corrected chi connectivity index (χ2v) is 5.25. The molecule has 2 rings (SSSR count). The Bertz CT molecular complexity index is 657. The van der Waals surface area contributed by atoms with Gasteiger partial charge in [-0.2, -0.15) is 0 Å². The molecule has 0 aliphatic heterocycles. The van der Waals surface area contributed by atoms with Gasteiger partial charge in [-0.3, -0.25) is 9.59 Å². The zero-order chi connectivity index (χ0) is 17.2. The first-order valence-corrected chi connectivity index (χ1v) is 7.73. The molecule has 0 saturated heterocycles. The molecule has 0 radical (unpaired) electrons. The average molecular weight is 327 g/mol. The maximum Gasteiger partial charge on any atom is 0.224 e. The van der Waals surface area contributed by atoms with Crippen LogP contribution in [0.25, 0.3) is 0 Å². The molecule has 0 fully saturated rings. The van der Waals surface area contributed by atoms with Crippen LogP contribution in [0.2, 0.25) is 0 Å². The number of methoxy groups -OCH3 is 1. The number of nitrogens with zero attached hydrogens (tertiary/aromatic N) is 1. The number of hydrogen-bond donors (Lipinski definition) is 2. The van der Waals surface area contributed by atoms with Gasteiger partial charge in [0.2, 0.25) is 17.7 Å². The lowest BCUT2D eigenvalue weighted by Gasteiger charge is -2.07. The van der Waals surface area contributed by atoms with Gasteiger partial charge in [-0.25, -0.2) is 4.98 Å². The molecule has 0 aliphatic rings. The summed E-state index contributed by atoms with van der Waals surface area (Å²) in [5.41, 5.74) is 1.84. The average Bonchev–Trinajstić information content (AvgIpc) is 2.61. The van der Waals surface area contributed by atoms with Crippen molar-refractivity contribution >= 4 is 11.8 Å². The fraction of sp³-hybridized carbons (Fsp3) is 0.278. The van der Waals surface area contributed by atoms with Crippen molar-refractivity contribution in [3.05, 3.63) is 59.8 Å². The van der Waals surface area contributed by atoms with Gasteiger partial charge < -0.3 is 15.4 Å². The van der Waals surface area contributed by atoms with Gasteiger partial charge >= 0.3 is 0 Å². The highest BCUT2D eigenvalue weighted by atomic mass is 16.5. The summed E-state index contributed by atoms with van der Waals surface area (Å²) in [5, 5.41) is 5.54. The molecule has 2 N–H and O–H groups in total. The Kier molecular flexibility index (Phi) is 6.76. The van der Waals surface area contributed by atoms with Crippen LogP contribution in [0.4, 0.5) is 0 Å². The van der Waals surface area contributed by atoms with E-state index in [1.165, 1.54) is 0 Å². The second kappa shape index (κ2) is 9.29. The van der Waals surface area contributed by atoms with E-state index in [-0.39, 0.29) is 18.2 Å². The number of carbonyl (C=O) groups is 2. The van der Waals surface area contributed by atoms with Crippen LogP contribution in [0, 0.1) is 0 Å². The molecule has 0 atom stereocenters. The first kappa shape index (κ1) is 17.5. The van der Waals surface area contributed by atoms with Crippen LogP contribution < -0.4 is 15.4 Å². The summed E-state index contributed by atoms with van der Waals surface area (Å²) in [6.07, 6.45) is 2.21. The third-order valence-electron chi connectivity index (χ3n) is 3.38. The van der Waals surface area contributed by atoms with Crippen molar-refractivity contribution < 1.29 is 14.3 Å². The number of benzene rings is 1. The minimum absolute atomic E-state index is 0.0895. The Morgan fingerprint density at radius 1 is 1.00 bits per heavy atom. The van der Waals surface area contributed by atoms with Crippen molar-refractivity contribution in [3.8, 4) is 5.88 Å². The van der Waals surface area contributed by atoms with Crippen LogP contribution in [-0.4, -0.2) is 30.5 Å². The Hall–Kier alpha value is -2.89. The number of pyridine rings is 1. The van der Waals surface area contributed by atoms with Gasteiger partial charge in [-0.05, 0) is 11.1 Å². The zero-order valence-electron chi connectivity index (χ0n) is 13.6. The van der Waals surface area contributed by atoms with Crippen LogP contribution in [0.15, 0.2) is 48.7 Å². The van der Waals surface area contributed by atoms with E-state index in [1.807, 2.05) is 36.4 Å². The van der Waals surface area contributed by atoms with Crippen molar-refractivity contribution in [1.29, 1.82) is 0 Å². The van der Waals surface area contributed by atoms with Crippen LogP contribution in [0.1, 0.15) is 17.5 Å². The van der Waals surface area contributed by atoms with Crippen molar-refractivity contribution in [2.75, 3.05) is 13.7 Å². The monoisotopic (exact) mass is 327 g/mol. The molecule has 1 heterocycles. The van der Waals surface area contributed by atoms with Gasteiger partial charge in [0.05, 0.1) is 13.5 Å². The van der Waals surface area contributed by atoms with E-state index in [1.54, 1.807) is 19.4 Å². The fourth-order valence-electron chi connectivity index (χ4n) is 2.08. The third kappa shape index (κ3) is 6.08. The van der Waals surface area contributed by atoms with Crippen LogP contribution in [0.5, 0.6) is 5.88 Å². The van der Waals surface area contributed by atoms with Gasteiger partial charge in [0, 0.05) is 31.8 Å². The molecule has 1 aromatic heterocycles. The van der Waals surface area contributed by atoms with Crippen LogP contribution in [-0.2, 0) is 22.6 Å². The van der Waals surface area contributed by atoms with Gasteiger partial charge in [0.1, 0.15) is 0 Å². The molecule has 0 unspecified atom stereocenters. The molecule has 24 heavy (non-hydrogen) atoms. The largest absolute Gasteiger partial charge is 0.481 e. The minimum atomic E-state index is -0.120. The highest BCUT2D eigenvalue weighted by molar-refractivity contribution is 5.80. The maximum atomic E-state index is 11.8. The molecule has 6 nitrogen and oxygen atoms in total. The summed E-state index contributed by atoms with van der Waals surface area (Å²) in [5.74, 6) is 0.324. The first-order valence-electron chi connectivity index (χ1n) is 7.73. The number of hydrogen-bond acceptors (Lipinski definition) is 4. The Morgan fingerprint density at radius 2 is 1.79 bits per heavy atom. The van der Waals surface area contributed by atoms with E-state index in [0.717, 1.165) is 11.1 Å². The Labute approximate surface area is 141 Å². The molecule has 0 saturated carbocycles. The van der Waals surface area contributed by atoms with Crippen molar-refractivity contribution in [2.24, 2.45) is 0 Å². The van der Waals surface area contributed by atoms with E-state index < -0.39 is 0 Å². The van der Waals surface area contributed by atoms with Crippen LogP contribution in [0.3, 0.4) is 0 Å². The minimum Gasteiger partial charge on any atom is -0.481 e. The standard InChI is InChI=1S/C18H21N3O3/c1-24-18-8-7-15(13-21-18)12-20-16(22)9-10-19-17(23)11-14-5-3-2-4-6-14/h2-8,13H,9-12H2,1H3,(H,19,23)(H,20,22). The molecular weight excluding hydrogens is 306 g/mol. The molecule has 0 spiro atoms. The summed E-state index contributed by atoms with van der Waals surface area (Å²) >= 11 is 0. The van der Waals surface area contributed by atoms with Gasteiger partial charge in [0.15, 0.2) is 0 Å². The molecule has 6 heteroatoms. The Morgan fingerprint density at radius 3 is 2.46 bits per heavy atom. The molecular formula is C18H21N3O3. The topological polar surface area (TPSA) is 80.3 Å². The lowest BCUT2D eigenvalue weighted by Crippen LogP contribution is -2.31. The molecule has 2 amide bonds. The van der Waals surface area contributed by atoms with Gasteiger partial charge in [-0.1, -0.05) is 36.4 Å². The van der Waals surface area contributed by atoms with E-state index in [0.29, 0.717) is 25.4 Å². The highest BCUT2D eigenvalue weighted by Crippen LogP contribution is 2.06. The summed E-state index contributed by atoms with van der Waals surface area (Å²) in [6.45, 7) is 0.714. The lowest BCUT2D eigenvalue weighted by atomic mass is 10.1. The summed E-state index contributed by atoms with van der Waals surface area (Å²) in [7, 11) is 1.55. The molecule has 1 aromatic carbocycles. The van der Waals surface area contributed by atoms with Gasteiger partial charge in [0.25, 0.3) is 0 Å². The molecule has 0 bridgehead atoms. The van der Waals surface area contributed by atoms with E-state index in [2.05, 4.69) is 15.6 Å². The zero-order valence-corrected chi connectivity index (χ0v) is 13.6. The van der Waals surface area contributed by atoms with Crippen molar-refractivity contribution in [1.82, 2.24) is 15.6 Å². The SMILES string of the molecule is COc1ccc(CNC(=O)CCNC(=O)Cc2ccccc2)cn1. The molecule has 2 aromatic rings. The predicted molar refractivity (Wildman–Crippen MR) is 90.4 cm³/mol. The third-order valence-corrected chi connectivity index (χ3v) is 3.38. The normalized spacial score (nSPS) is 10.0. The molecule has 126 valence electrons. The van der Waals surface area contributed by atoms with E-state index in [9.17, 15) is 9.59 Å². The van der Waals surface area contributed by atoms with Gasteiger partial charge in [-0.15, -0.1) is 0 Å². The summed E-state index contributed by atoms with van der Waals surface area (Å²) in [4.78, 5) is 27.6. The molecule has 0 aliphatic carbocycles. The highest BCUT2D eigenvalue weighted by Gasteiger charge is 2.05. The Balaban J connectivity index is 1.63. The van der Waals surface area contributed by atoms with E-state index >= 15 is 0 Å². The number of rotatable bonds is 8. The number of aromatic nitrogens is 1. The van der Waals surface area contributed by atoms with E-state index in [4.69, 9.17) is 4.74 Å². The lowest BCUT2D eigenvalue weighted by molar-refractivity contribution is -0.122. The summed E-state index contributed by atoms with van der Waals surface area (Å²) < 4.78 is 4.97. The van der Waals surface area contributed by atoms with Crippen molar-refractivity contribution in [3.63, 3.8) is 0 Å². The number of nitrogens with one attached hydrogen (secondary N) is 2. The van der Waals surface area contributed by atoms with Crippen molar-refractivity contribution in [2.45, 2.75) is 19.4 Å². The quantitative estimate of drug-likeness (QED) is 0.769. The second-order valence-electron chi connectivity index (χ2n) is 5.25. The smallest absolute Gasteiger partial charge is 0.224 e. The number of amides is 2. The fourth-order valence-corrected chi connectivity index (χ4v) is 2.08. The maximum absolute atomic E-state index is 11.8. The van der Waals surface area contributed by atoms with Crippen LogP contribution >= 0.6 is 0 Å². The number of carbonyl (C=O) groups excluding carboxylic acids is 2. The predicted octanol–water partition coefficient (Wildman–Crippen LogP) is 1.46. The number of ether oxygens (including phenoxy) is 1.